The molecule has 0 spiro atoms. The molecule has 0 radical (unpaired) electrons. The van der Waals surface area contributed by atoms with E-state index < -0.39 is 0 Å². The monoisotopic (exact) mass is 228 g/mol. The second-order valence-electron chi connectivity index (χ2n) is 2.43. The third-order valence-corrected chi connectivity index (χ3v) is 2.50. The van der Waals surface area contributed by atoms with Crippen molar-refractivity contribution < 1.29 is 22.5 Å². The largest absolute Gasteiger partial charge is 0.508 e. The van der Waals surface area contributed by atoms with Gasteiger partial charge in [0.05, 0.1) is 9.52 Å². The van der Waals surface area contributed by atoms with Crippen molar-refractivity contribution in [2.75, 3.05) is 0 Å². The smallest absolute Gasteiger partial charge is 0.115 e. The van der Waals surface area contributed by atoms with Crippen LogP contribution in [0.15, 0.2) is 53.9 Å². The molecule has 0 fully saturated rings. The molecule has 0 amide bonds. The van der Waals surface area contributed by atoms with Crippen molar-refractivity contribution in [1.29, 1.82) is 0 Å². The molecule has 1 aliphatic heterocycles. The number of allylic oxidation sites excluding steroid dienone is 2. The van der Waals surface area contributed by atoms with Gasteiger partial charge in [0.1, 0.15) is 5.75 Å². The molecular weight excluding hydrogens is 216 g/mol. The number of hydrogen-bond donors (Lipinski definition) is 1. The molecule has 1 heterocycles. The van der Waals surface area contributed by atoms with E-state index in [2.05, 4.69) is 23.6 Å². The molecule has 0 saturated carbocycles. The maximum Gasteiger partial charge on any atom is 0.115 e. The van der Waals surface area contributed by atoms with E-state index >= 15 is 0 Å². The van der Waals surface area contributed by atoms with E-state index in [1.54, 1.807) is 24.3 Å². The van der Waals surface area contributed by atoms with E-state index in [1.165, 1.54) is 0 Å². The Labute approximate surface area is 91.8 Å². The number of rotatable bonds is 0. The third kappa shape index (κ3) is 6.41. The molecule has 13 heavy (non-hydrogen) atoms. The van der Waals surface area contributed by atoms with Crippen molar-refractivity contribution in [3.63, 3.8) is 0 Å². The second-order valence-corrected chi connectivity index (χ2v) is 3.84. The second kappa shape index (κ2) is 7.88. The zero-order valence-corrected chi connectivity index (χ0v) is 9.95. The average molecular weight is 228 g/mol. The van der Waals surface area contributed by atoms with Crippen LogP contribution in [0.3, 0.4) is 0 Å². The molecule has 1 nitrogen and oxygen atoms in total. The predicted octanol–water partition coefficient (Wildman–Crippen LogP) is 1.59. The summed E-state index contributed by atoms with van der Waals surface area (Å²) in [6, 6.07) is 8.71. The summed E-state index contributed by atoms with van der Waals surface area (Å²) in [5.41, 5.74) is 4.53. The molecule has 68 valence electrons. The fraction of sp³-hybridized carbons (Fsp3) is 0. The van der Waals surface area contributed by atoms with Crippen LogP contribution in [0.1, 0.15) is 0 Å². The van der Waals surface area contributed by atoms with Crippen molar-refractivity contribution in [2.24, 2.45) is 0 Å². The van der Waals surface area contributed by atoms with Gasteiger partial charge in [-0.15, -0.1) is 0 Å². The van der Waals surface area contributed by atoms with Crippen LogP contribution in [0.2, 0.25) is 0 Å². The summed E-state index contributed by atoms with van der Waals surface area (Å²) in [7, 11) is 0.182. The molecule has 1 aromatic carbocycles. The summed E-state index contributed by atoms with van der Waals surface area (Å²) >= 11 is 0. The number of benzene rings is 1. The Morgan fingerprint density at radius 2 is 1.46 bits per heavy atom. The molecule has 0 unspecified atom stereocenters. The Morgan fingerprint density at radius 3 is 1.69 bits per heavy atom. The normalized spacial score (nSPS) is 11.4. The van der Waals surface area contributed by atoms with Gasteiger partial charge in [-0.2, -0.15) is 0 Å². The molecule has 0 aliphatic carbocycles. The fourth-order valence-electron chi connectivity index (χ4n) is 0.821. The van der Waals surface area contributed by atoms with Gasteiger partial charge in [-0.1, -0.05) is 41.7 Å². The quantitative estimate of drug-likeness (QED) is 0.669. The maximum absolute atomic E-state index is 8.63. The van der Waals surface area contributed by atoms with Crippen LogP contribution in [0.4, 0.5) is 0 Å². The first-order valence-electron chi connectivity index (χ1n) is 3.95. The van der Waals surface area contributed by atoms with Crippen LogP contribution < -0.4 is 0 Å². The van der Waals surface area contributed by atoms with Crippen LogP contribution in [0.25, 0.3) is 0 Å². The Kier molecular flexibility index (Phi) is 7.42. The zero-order valence-electron chi connectivity index (χ0n) is 7.26. The van der Waals surface area contributed by atoms with Gasteiger partial charge in [-0.05, 0) is 12.1 Å². The van der Waals surface area contributed by atoms with Gasteiger partial charge in [-0.25, -0.2) is 0 Å². The van der Waals surface area contributed by atoms with Gasteiger partial charge in [0.25, 0.3) is 0 Å². The topological polar surface area (TPSA) is 20.2 Å². The molecule has 1 aromatic rings. The summed E-state index contributed by atoms with van der Waals surface area (Å²) in [4.78, 5) is 0. The minimum atomic E-state index is 0. The number of para-hydroxylation sites is 1. The van der Waals surface area contributed by atoms with Crippen molar-refractivity contribution in [3.8, 4) is 5.75 Å². The van der Waals surface area contributed by atoms with Gasteiger partial charge in [0.2, 0.25) is 0 Å². The minimum Gasteiger partial charge on any atom is -0.508 e. The van der Waals surface area contributed by atoms with Gasteiger partial charge >= 0.3 is 0 Å². The Balaban J connectivity index is 0.000000215. The summed E-state index contributed by atoms with van der Waals surface area (Å²) in [6.45, 7) is 0. The van der Waals surface area contributed by atoms with Crippen molar-refractivity contribution in [2.45, 2.75) is 0 Å². The average Bonchev–Trinajstić information content (AvgIpc) is 2.62. The van der Waals surface area contributed by atoms with Crippen LogP contribution in [-0.2, 0) is 17.4 Å². The summed E-state index contributed by atoms with van der Waals surface area (Å²) in [5, 5.41) is 8.63. The molecule has 2 rings (SSSR count). The SMILES string of the molecule is C1=C[SiH2]C=C1.Oc1ccccc1.[Cr]. The minimum absolute atomic E-state index is 0. The van der Waals surface area contributed by atoms with Crippen LogP contribution in [0, 0.1) is 0 Å². The van der Waals surface area contributed by atoms with E-state index in [9.17, 15) is 0 Å². The first kappa shape index (κ1) is 12.2. The van der Waals surface area contributed by atoms with E-state index in [0.29, 0.717) is 5.75 Å². The summed E-state index contributed by atoms with van der Waals surface area (Å²) < 4.78 is 0. The van der Waals surface area contributed by atoms with Crippen molar-refractivity contribution in [3.05, 3.63) is 53.9 Å². The van der Waals surface area contributed by atoms with Gasteiger partial charge in [0.15, 0.2) is 0 Å². The third-order valence-electron chi connectivity index (χ3n) is 1.41. The predicted molar refractivity (Wildman–Crippen MR) is 54.9 cm³/mol. The molecule has 0 atom stereocenters. The Bertz CT molecular complexity index is 260. The molecule has 0 saturated heterocycles. The van der Waals surface area contributed by atoms with Crippen molar-refractivity contribution in [1.82, 2.24) is 0 Å². The number of hydrogen-bond acceptors (Lipinski definition) is 1. The molecule has 0 bridgehead atoms. The maximum atomic E-state index is 8.63. The van der Waals surface area contributed by atoms with E-state index in [0.717, 1.165) is 0 Å². The molecule has 1 aliphatic rings. The van der Waals surface area contributed by atoms with Gasteiger partial charge in [0, 0.05) is 17.4 Å². The molecule has 1 N–H and O–H groups in total. The van der Waals surface area contributed by atoms with Gasteiger partial charge in [-0.3, -0.25) is 0 Å². The van der Waals surface area contributed by atoms with Crippen molar-refractivity contribution >= 4 is 9.52 Å². The van der Waals surface area contributed by atoms with Crippen LogP contribution >= 0.6 is 0 Å². The summed E-state index contributed by atoms with van der Waals surface area (Å²) in [5.74, 6) is 0.322. The van der Waals surface area contributed by atoms with Crippen LogP contribution in [0.5, 0.6) is 5.75 Å². The number of phenolic OH excluding ortho intramolecular Hbond substituents is 1. The molecule has 0 aromatic heterocycles. The molecular formula is C10H12CrOSi. The first-order chi connectivity index (χ1) is 5.89. The summed E-state index contributed by atoms with van der Waals surface area (Å²) in [6.07, 6.45) is 4.23. The van der Waals surface area contributed by atoms with Gasteiger partial charge < -0.3 is 5.11 Å². The first-order valence-corrected chi connectivity index (χ1v) is 5.58. The standard InChI is InChI=1S/C6H6O.C4H6Si.Cr/c7-6-4-2-1-3-5-6;1-2-4-5-3-1;/h1-5,7H;1-4H,5H2;. The zero-order chi connectivity index (χ0) is 8.65. The Hall–Kier alpha value is -0.751. The van der Waals surface area contributed by atoms with E-state index in [4.69, 9.17) is 5.11 Å². The fourth-order valence-corrected chi connectivity index (χ4v) is 1.61. The molecule has 3 heteroatoms. The van der Waals surface area contributed by atoms with E-state index in [1.807, 2.05) is 6.07 Å². The Morgan fingerprint density at radius 1 is 0.923 bits per heavy atom. The van der Waals surface area contributed by atoms with E-state index in [-0.39, 0.29) is 26.9 Å². The number of phenols is 1. The number of aromatic hydroxyl groups is 1. The van der Waals surface area contributed by atoms with Crippen LogP contribution in [-0.4, -0.2) is 14.6 Å².